The van der Waals surface area contributed by atoms with Gasteiger partial charge in [0.1, 0.15) is 6.04 Å². The zero-order chi connectivity index (χ0) is 8.27. The second-order valence-corrected chi connectivity index (χ2v) is 3.24. The average Bonchev–Trinajstić information content (AvgIpc) is 2.13. The molecule has 0 N–H and O–H groups in total. The lowest BCUT2D eigenvalue weighted by Gasteiger charge is -2.20. The molecule has 0 aliphatic carbocycles. The first-order chi connectivity index (χ1) is 5.24. The van der Waals surface area contributed by atoms with Crippen molar-refractivity contribution in [1.29, 1.82) is 5.26 Å². The van der Waals surface area contributed by atoms with E-state index in [0.717, 1.165) is 19.6 Å². The van der Waals surface area contributed by atoms with Crippen molar-refractivity contribution in [1.82, 2.24) is 9.80 Å². The van der Waals surface area contributed by atoms with Gasteiger partial charge >= 0.3 is 0 Å². The Bertz CT molecular complexity index is 161. The van der Waals surface area contributed by atoms with Crippen molar-refractivity contribution in [2.24, 2.45) is 0 Å². The Balaban J connectivity index is 2.54. The SMILES string of the molecule is CN1CCCN(C)[C@@H](C#N)C1. The second-order valence-electron chi connectivity index (χ2n) is 3.24. The molecule has 0 aromatic heterocycles. The van der Waals surface area contributed by atoms with E-state index in [0.29, 0.717) is 0 Å². The molecule has 3 heteroatoms. The van der Waals surface area contributed by atoms with E-state index in [4.69, 9.17) is 5.26 Å². The Morgan fingerprint density at radius 1 is 1.36 bits per heavy atom. The van der Waals surface area contributed by atoms with Gasteiger partial charge in [0.15, 0.2) is 0 Å². The Morgan fingerprint density at radius 2 is 2.09 bits per heavy atom. The van der Waals surface area contributed by atoms with E-state index in [-0.39, 0.29) is 6.04 Å². The van der Waals surface area contributed by atoms with Crippen LogP contribution in [0.3, 0.4) is 0 Å². The van der Waals surface area contributed by atoms with Crippen LogP contribution in [-0.2, 0) is 0 Å². The van der Waals surface area contributed by atoms with Crippen molar-refractivity contribution in [3.05, 3.63) is 0 Å². The fourth-order valence-corrected chi connectivity index (χ4v) is 1.41. The Labute approximate surface area is 68.2 Å². The van der Waals surface area contributed by atoms with E-state index >= 15 is 0 Å². The molecule has 1 aliphatic rings. The van der Waals surface area contributed by atoms with Gasteiger partial charge < -0.3 is 4.90 Å². The number of hydrogen-bond acceptors (Lipinski definition) is 3. The highest BCUT2D eigenvalue weighted by Gasteiger charge is 2.18. The lowest BCUT2D eigenvalue weighted by Crippen LogP contribution is -2.36. The van der Waals surface area contributed by atoms with Crippen LogP contribution in [0.25, 0.3) is 0 Å². The summed E-state index contributed by atoms with van der Waals surface area (Å²) in [6, 6.07) is 2.39. The summed E-state index contributed by atoms with van der Waals surface area (Å²) in [4.78, 5) is 4.35. The summed E-state index contributed by atoms with van der Waals surface area (Å²) in [6.07, 6.45) is 1.17. The summed E-state index contributed by atoms with van der Waals surface area (Å²) in [7, 11) is 4.09. The van der Waals surface area contributed by atoms with E-state index in [1.54, 1.807) is 0 Å². The van der Waals surface area contributed by atoms with Gasteiger partial charge in [0, 0.05) is 13.1 Å². The van der Waals surface area contributed by atoms with Crippen LogP contribution in [0.1, 0.15) is 6.42 Å². The van der Waals surface area contributed by atoms with Gasteiger partial charge in [-0.3, -0.25) is 4.90 Å². The largest absolute Gasteiger partial charge is 0.304 e. The minimum atomic E-state index is 0.0856. The summed E-state index contributed by atoms with van der Waals surface area (Å²) < 4.78 is 0. The molecule has 0 radical (unpaired) electrons. The normalized spacial score (nSPS) is 29.4. The van der Waals surface area contributed by atoms with Crippen LogP contribution in [0.4, 0.5) is 0 Å². The van der Waals surface area contributed by atoms with Crippen LogP contribution in [0.15, 0.2) is 0 Å². The third-order valence-electron chi connectivity index (χ3n) is 2.22. The third-order valence-corrected chi connectivity index (χ3v) is 2.22. The Morgan fingerprint density at radius 3 is 2.73 bits per heavy atom. The topological polar surface area (TPSA) is 30.3 Å². The quantitative estimate of drug-likeness (QED) is 0.496. The number of nitriles is 1. The van der Waals surface area contributed by atoms with Crippen LogP contribution in [0.2, 0.25) is 0 Å². The third kappa shape index (κ3) is 2.18. The first kappa shape index (κ1) is 8.51. The molecule has 1 atom stereocenters. The number of hydrogen-bond donors (Lipinski definition) is 0. The average molecular weight is 153 g/mol. The fraction of sp³-hybridized carbons (Fsp3) is 0.875. The van der Waals surface area contributed by atoms with Crippen LogP contribution in [-0.4, -0.2) is 49.6 Å². The van der Waals surface area contributed by atoms with Crippen LogP contribution in [0, 0.1) is 11.3 Å². The van der Waals surface area contributed by atoms with Crippen molar-refractivity contribution in [3.8, 4) is 6.07 Å². The molecule has 1 fully saturated rings. The van der Waals surface area contributed by atoms with Crippen LogP contribution < -0.4 is 0 Å². The molecule has 0 bridgehead atoms. The van der Waals surface area contributed by atoms with E-state index < -0.39 is 0 Å². The molecule has 0 amide bonds. The maximum atomic E-state index is 8.79. The van der Waals surface area contributed by atoms with Gasteiger partial charge in [-0.05, 0) is 27.1 Å². The van der Waals surface area contributed by atoms with Gasteiger partial charge in [0.05, 0.1) is 6.07 Å². The van der Waals surface area contributed by atoms with Crippen LogP contribution in [0.5, 0.6) is 0 Å². The highest BCUT2D eigenvalue weighted by molar-refractivity contribution is 4.93. The predicted octanol–water partition coefficient (Wildman–Crippen LogP) is 0.146. The van der Waals surface area contributed by atoms with Gasteiger partial charge in [-0.15, -0.1) is 0 Å². The molecule has 0 aromatic carbocycles. The van der Waals surface area contributed by atoms with Gasteiger partial charge in [0.2, 0.25) is 0 Å². The molecule has 1 saturated heterocycles. The molecule has 3 nitrogen and oxygen atoms in total. The highest BCUT2D eigenvalue weighted by atomic mass is 15.2. The smallest absolute Gasteiger partial charge is 0.110 e. The molecule has 1 heterocycles. The summed E-state index contributed by atoms with van der Waals surface area (Å²) in [6.45, 7) is 3.04. The van der Waals surface area contributed by atoms with Crippen molar-refractivity contribution >= 4 is 0 Å². The molecule has 0 unspecified atom stereocenters. The summed E-state index contributed by atoms with van der Waals surface area (Å²) in [5.41, 5.74) is 0. The van der Waals surface area contributed by atoms with Crippen molar-refractivity contribution < 1.29 is 0 Å². The standard InChI is InChI=1S/C8H15N3/c1-10-4-3-5-11(2)8(6-9)7-10/h8H,3-5,7H2,1-2H3/t8-/m0/s1. The molecule has 0 spiro atoms. The predicted molar refractivity (Wildman–Crippen MR) is 44.1 cm³/mol. The van der Waals surface area contributed by atoms with Crippen molar-refractivity contribution in [3.63, 3.8) is 0 Å². The molecule has 1 rings (SSSR count). The van der Waals surface area contributed by atoms with E-state index in [1.807, 2.05) is 7.05 Å². The first-order valence-corrected chi connectivity index (χ1v) is 4.02. The number of nitrogens with zero attached hydrogens (tertiary/aromatic N) is 3. The first-order valence-electron chi connectivity index (χ1n) is 4.02. The Kier molecular flexibility index (Phi) is 2.86. The van der Waals surface area contributed by atoms with E-state index in [9.17, 15) is 0 Å². The summed E-state index contributed by atoms with van der Waals surface area (Å²) >= 11 is 0. The maximum Gasteiger partial charge on any atom is 0.110 e. The number of rotatable bonds is 0. The molecule has 0 saturated carbocycles. The molecule has 62 valence electrons. The van der Waals surface area contributed by atoms with E-state index in [1.165, 1.54) is 6.42 Å². The minimum absolute atomic E-state index is 0.0856. The van der Waals surface area contributed by atoms with E-state index in [2.05, 4.69) is 22.9 Å². The van der Waals surface area contributed by atoms with Crippen molar-refractivity contribution in [2.75, 3.05) is 33.7 Å². The van der Waals surface area contributed by atoms with Gasteiger partial charge in [-0.25, -0.2) is 0 Å². The molecular weight excluding hydrogens is 138 g/mol. The fourth-order valence-electron chi connectivity index (χ4n) is 1.41. The zero-order valence-corrected chi connectivity index (χ0v) is 7.25. The summed E-state index contributed by atoms with van der Waals surface area (Å²) in [5, 5.41) is 8.79. The summed E-state index contributed by atoms with van der Waals surface area (Å²) in [5.74, 6) is 0. The lowest BCUT2D eigenvalue weighted by molar-refractivity contribution is 0.270. The van der Waals surface area contributed by atoms with Gasteiger partial charge in [-0.2, -0.15) is 5.26 Å². The second kappa shape index (κ2) is 3.70. The Hall–Kier alpha value is -0.590. The minimum Gasteiger partial charge on any atom is -0.304 e. The molecular formula is C8H15N3. The van der Waals surface area contributed by atoms with Gasteiger partial charge in [-0.1, -0.05) is 0 Å². The molecule has 1 aliphatic heterocycles. The monoisotopic (exact) mass is 153 g/mol. The zero-order valence-electron chi connectivity index (χ0n) is 7.25. The van der Waals surface area contributed by atoms with Gasteiger partial charge in [0.25, 0.3) is 0 Å². The lowest BCUT2D eigenvalue weighted by atomic mass is 10.3. The highest BCUT2D eigenvalue weighted by Crippen LogP contribution is 2.04. The molecule has 0 aromatic rings. The number of likely N-dealkylation sites (N-methyl/N-ethyl adjacent to an activating group) is 2. The maximum absolute atomic E-state index is 8.79. The molecule has 11 heavy (non-hydrogen) atoms. The van der Waals surface area contributed by atoms with Crippen LogP contribution >= 0.6 is 0 Å². The van der Waals surface area contributed by atoms with Crippen molar-refractivity contribution in [2.45, 2.75) is 12.5 Å².